The van der Waals surface area contributed by atoms with Crippen LogP contribution in [0.15, 0.2) is 48.7 Å². The number of benzene rings is 1. The number of carbonyl (C=O) groups is 2. The molecule has 2 atom stereocenters. The van der Waals surface area contributed by atoms with Crippen molar-refractivity contribution in [3.05, 3.63) is 59.8 Å². The number of hydrogen-bond acceptors (Lipinski definition) is 7. The lowest BCUT2D eigenvalue weighted by molar-refractivity contribution is -0.631. The number of carbonyl (C=O) groups excluding carboxylic acids is 2. The zero-order valence-corrected chi connectivity index (χ0v) is 26.2. The Labute approximate surface area is 259 Å². The lowest BCUT2D eigenvalue weighted by Gasteiger charge is -2.43. The Balaban J connectivity index is 1.09. The van der Waals surface area contributed by atoms with E-state index in [1.54, 1.807) is 4.90 Å². The van der Waals surface area contributed by atoms with Crippen molar-refractivity contribution >= 4 is 34.9 Å². The first-order chi connectivity index (χ1) is 21.3. The summed E-state index contributed by atoms with van der Waals surface area (Å²) in [5.41, 5.74) is 4.78. The molecule has 44 heavy (non-hydrogen) atoms. The summed E-state index contributed by atoms with van der Waals surface area (Å²) in [5.74, 6) is 0.777. The molecule has 0 saturated carbocycles. The first-order valence-corrected chi connectivity index (χ1v) is 15.8. The van der Waals surface area contributed by atoms with E-state index in [1.807, 2.05) is 64.5 Å². The van der Waals surface area contributed by atoms with Crippen molar-refractivity contribution in [3.8, 4) is 0 Å². The number of piperidine rings is 1. The Hall–Kier alpha value is -3.96. The van der Waals surface area contributed by atoms with Crippen LogP contribution in [-0.4, -0.2) is 100 Å². The van der Waals surface area contributed by atoms with Gasteiger partial charge in [0.15, 0.2) is 0 Å². The average molecular weight is 603 g/mol. The molecular weight excluding hydrogens is 558 g/mol. The second-order valence-electron chi connectivity index (χ2n) is 12.1. The van der Waals surface area contributed by atoms with Gasteiger partial charge in [0.05, 0.1) is 37.7 Å². The van der Waals surface area contributed by atoms with Gasteiger partial charge in [0.1, 0.15) is 0 Å². The molecule has 11 nitrogen and oxygen atoms in total. The summed E-state index contributed by atoms with van der Waals surface area (Å²) in [6, 6.07) is 12.3. The number of morpholine rings is 1. The number of rotatable bonds is 6. The SMILES string of the molecule is CCOC(=O)N1CC=C(c2cccn3nc(Nc4ccc(C(=O)N5CCC(N6CC(C)OC(C)C6)CC5)cc4)[n+](C)c23)CC1. The zero-order valence-electron chi connectivity index (χ0n) is 26.2. The minimum Gasteiger partial charge on any atom is -0.450 e. The molecule has 0 aliphatic carbocycles. The van der Waals surface area contributed by atoms with Gasteiger partial charge in [-0.3, -0.25) is 15.0 Å². The number of pyridine rings is 1. The molecule has 3 aliphatic heterocycles. The summed E-state index contributed by atoms with van der Waals surface area (Å²) in [4.78, 5) is 31.7. The van der Waals surface area contributed by atoms with E-state index in [4.69, 9.17) is 14.6 Å². The molecule has 2 fully saturated rings. The number of hydrogen-bond donors (Lipinski definition) is 1. The fourth-order valence-electron chi connectivity index (χ4n) is 6.79. The molecule has 3 aliphatic rings. The van der Waals surface area contributed by atoms with Crippen LogP contribution in [-0.2, 0) is 16.5 Å². The van der Waals surface area contributed by atoms with Crippen LogP contribution in [0.25, 0.3) is 11.2 Å². The number of amides is 2. The molecule has 11 heteroatoms. The smallest absolute Gasteiger partial charge is 0.410 e. The van der Waals surface area contributed by atoms with Crippen LogP contribution < -0.4 is 9.88 Å². The van der Waals surface area contributed by atoms with Gasteiger partial charge in [-0.05, 0) is 82.0 Å². The maximum absolute atomic E-state index is 13.3. The van der Waals surface area contributed by atoms with Crippen LogP contribution in [0.4, 0.5) is 16.4 Å². The maximum atomic E-state index is 13.3. The van der Waals surface area contributed by atoms with E-state index in [1.165, 1.54) is 5.57 Å². The number of fused-ring (bicyclic) bond motifs is 1. The third-order valence-corrected chi connectivity index (χ3v) is 8.97. The summed E-state index contributed by atoms with van der Waals surface area (Å²) < 4.78 is 15.0. The number of nitrogens with zero attached hydrogens (tertiary/aromatic N) is 6. The third kappa shape index (κ3) is 6.30. The molecule has 234 valence electrons. The van der Waals surface area contributed by atoms with Crippen molar-refractivity contribution < 1.29 is 23.6 Å². The highest BCUT2D eigenvalue weighted by Crippen LogP contribution is 2.27. The van der Waals surface area contributed by atoms with E-state index < -0.39 is 0 Å². The molecule has 3 aromatic rings. The zero-order chi connectivity index (χ0) is 30.8. The quantitative estimate of drug-likeness (QED) is 0.428. The first-order valence-electron chi connectivity index (χ1n) is 15.8. The lowest BCUT2D eigenvalue weighted by Crippen LogP contribution is -2.53. The minimum absolute atomic E-state index is 0.0870. The molecule has 0 bridgehead atoms. The Morgan fingerprint density at radius 3 is 2.43 bits per heavy atom. The molecule has 2 unspecified atom stereocenters. The van der Waals surface area contributed by atoms with Gasteiger partial charge in [0.25, 0.3) is 5.91 Å². The molecule has 6 rings (SSSR count). The van der Waals surface area contributed by atoms with Crippen molar-refractivity contribution in [3.63, 3.8) is 0 Å². The number of likely N-dealkylation sites (tertiary alicyclic amines) is 1. The predicted molar refractivity (Wildman–Crippen MR) is 168 cm³/mol. The van der Waals surface area contributed by atoms with Crippen molar-refractivity contribution in [1.82, 2.24) is 24.3 Å². The Morgan fingerprint density at radius 1 is 1.05 bits per heavy atom. The largest absolute Gasteiger partial charge is 0.450 e. The van der Waals surface area contributed by atoms with Crippen molar-refractivity contribution in [1.29, 1.82) is 0 Å². The summed E-state index contributed by atoms with van der Waals surface area (Å²) in [7, 11) is 1.99. The fourth-order valence-corrected chi connectivity index (χ4v) is 6.79. The summed E-state index contributed by atoms with van der Waals surface area (Å²) in [6.45, 7) is 11.1. The van der Waals surface area contributed by atoms with Gasteiger partial charge in [0, 0.05) is 61.5 Å². The molecule has 2 saturated heterocycles. The predicted octanol–water partition coefficient (Wildman–Crippen LogP) is 3.86. The van der Waals surface area contributed by atoms with Gasteiger partial charge in [-0.2, -0.15) is 0 Å². The molecule has 0 spiro atoms. The number of ether oxygens (including phenoxy) is 2. The summed E-state index contributed by atoms with van der Waals surface area (Å²) in [5, 5.41) is 8.21. The normalized spacial score (nSPS) is 21.8. The van der Waals surface area contributed by atoms with E-state index >= 15 is 0 Å². The van der Waals surface area contributed by atoms with Gasteiger partial charge in [-0.1, -0.05) is 6.08 Å². The molecular formula is C33H44N7O4+. The Morgan fingerprint density at radius 2 is 1.77 bits per heavy atom. The second kappa shape index (κ2) is 13.0. The highest BCUT2D eigenvalue weighted by molar-refractivity contribution is 5.94. The van der Waals surface area contributed by atoms with Gasteiger partial charge in [0.2, 0.25) is 5.65 Å². The highest BCUT2D eigenvalue weighted by atomic mass is 16.6. The Kier molecular flexibility index (Phi) is 8.86. The molecule has 1 aromatic carbocycles. The lowest BCUT2D eigenvalue weighted by atomic mass is 10.0. The van der Waals surface area contributed by atoms with E-state index in [0.717, 1.165) is 62.3 Å². The van der Waals surface area contributed by atoms with E-state index in [-0.39, 0.29) is 24.2 Å². The summed E-state index contributed by atoms with van der Waals surface area (Å²) in [6.07, 6.45) is 7.01. The molecule has 2 amide bonds. The van der Waals surface area contributed by atoms with E-state index in [0.29, 0.717) is 37.3 Å². The number of nitrogens with one attached hydrogen (secondary N) is 1. The minimum atomic E-state index is -0.271. The molecule has 5 heterocycles. The maximum Gasteiger partial charge on any atom is 0.410 e. The molecule has 2 aromatic heterocycles. The van der Waals surface area contributed by atoms with Crippen LogP contribution >= 0.6 is 0 Å². The van der Waals surface area contributed by atoms with E-state index in [9.17, 15) is 9.59 Å². The topological polar surface area (TPSA) is 95.5 Å². The number of aryl methyl sites for hydroxylation is 1. The summed E-state index contributed by atoms with van der Waals surface area (Å²) >= 11 is 0. The van der Waals surface area contributed by atoms with Crippen LogP contribution in [0.5, 0.6) is 0 Å². The first kappa shape index (κ1) is 30.1. The van der Waals surface area contributed by atoms with Crippen LogP contribution in [0, 0.1) is 0 Å². The van der Waals surface area contributed by atoms with Gasteiger partial charge < -0.3 is 19.3 Å². The van der Waals surface area contributed by atoms with Crippen LogP contribution in [0.3, 0.4) is 0 Å². The van der Waals surface area contributed by atoms with Crippen LogP contribution in [0.1, 0.15) is 56.0 Å². The number of aromatic nitrogens is 3. The van der Waals surface area contributed by atoms with Crippen molar-refractivity contribution in [2.24, 2.45) is 7.05 Å². The average Bonchev–Trinajstić information content (AvgIpc) is 3.35. The molecule has 0 radical (unpaired) electrons. The fraction of sp³-hybridized carbons (Fsp3) is 0.515. The van der Waals surface area contributed by atoms with Crippen molar-refractivity contribution in [2.45, 2.75) is 58.3 Å². The third-order valence-electron chi connectivity index (χ3n) is 8.97. The Bertz CT molecular complexity index is 1520. The standard InChI is InChI=1S/C33H43N7O4/c1-5-43-33(42)38-17-12-25(13-18-38)29-7-6-16-40-30(29)36(4)32(35-40)34-27-10-8-26(9-11-27)31(41)37-19-14-28(15-20-37)39-21-23(2)44-24(3)22-39/h6-12,16,23-24,28H,5,13-15,17-22H2,1-4H3/p+1. The monoisotopic (exact) mass is 602 g/mol. The number of anilines is 2. The second-order valence-corrected chi connectivity index (χ2v) is 12.1. The molecule has 1 N–H and O–H groups in total. The highest BCUT2D eigenvalue weighted by Gasteiger charge is 2.32. The van der Waals surface area contributed by atoms with Crippen molar-refractivity contribution in [2.75, 3.05) is 51.2 Å². The van der Waals surface area contributed by atoms with Gasteiger partial charge in [-0.15, -0.1) is 4.52 Å². The van der Waals surface area contributed by atoms with Gasteiger partial charge >= 0.3 is 12.0 Å². The van der Waals surface area contributed by atoms with E-state index in [2.05, 4.69) is 36.2 Å². The van der Waals surface area contributed by atoms with Gasteiger partial charge in [-0.25, -0.2) is 9.36 Å². The van der Waals surface area contributed by atoms with Crippen LogP contribution in [0.2, 0.25) is 0 Å².